The fraction of sp³-hybridized carbons (Fsp3) is 0.333. The van der Waals surface area contributed by atoms with Gasteiger partial charge in [0.05, 0.1) is 18.7 Å². The maximum absolute atomic E-state index is 13.2. The number of halogens is 3. The zero-order valence-electron chi connectivity index (χ0n) is 17.9. The molecule has 0 radical (unpaired) electrons. The Bertz CT molecular complexity index is 1280. The lowest BCUT2D eigenvalue weighted by molar-refractivity contribution is -0.132. The number of hydrogen-bond donors (Lipinski definition) is 0. The van der Waals surface area contributed by atoms with Crippen LogP contribution in [0.2, 0.25) is 0 Å². The summed E-state index contributed by atoms with van der Waals surface area (Å²) < 4.78 is 43.0. The Morgan fingerprint density at radius 3 is 2.58 bits per heavy atom. The van der Waals surface area contributed by atoms with E-state index >= 15 is 0 Å². The van der Waals surface area contributed by atoms with Crippen LogP contribution in [0.1, 0.15) is 37.5 Å². The number of aryl methyl sites for hydroxylation is 1. The standard InChI is InChI=1S/C21H20F3N9/c1-3-15-19-30-29-13(2)33(19)16-12-27-20(28-18(16)31(15)10-6-21(22,23)24)32-11-9-26-17(32)14-4-7-25-8-5-14/h4-5,7-9,11-12,15H,3,6,10H2,1-2H3. The minimum Gasteiger partial charge on any atom is -0.344 e. The van der Waals surface area contributed by atoms with Gasteiger partial charge in [-0.05, 0) is 25.5 Å². The quantitative estimate of drug-likeness (QED) is 0.452. The van der Waals surface area contributed by atoms with Crippen LogP contribution >= 0.6 is 0 Å². The number of fused-ring (bicyclic) bond motifs is 3. The summed E-state index contributed by atoms with van der Waals surface area (Å²) in [6.07, 6.45) is 3.52. The third kappa shape index (κ3) is 3.70. The molecule has 1 atom stereocenters. The van der Waals surface area contributed by atoms with Gasteiger partial charge in [0.1, 0.15) is 17.3 Å². The molecule has 0 N–H and O–H groups in total. The fourth-order valence-electron chi connectivity index (χ4n) is 4.11. The molecule has 0 amide bonds. The number of anilines is 1. The van der Waals surface area contributed by atoms with Crippen molar-refractivity contribution < 1.29 is 13.2 Å². The summed E-state index contributed by atoms with van der Waals surface area (Å²) in [6, 6.07) is 3.23. The van der Waals surface area contributed by atoms with Gasteiger partial charge in [-0.15, -0.1) is 10.2 Å². The van der Waals surface area contributed by atoms with Crippen LogP contribution in [0.5, 0.6) is 0 Å². The van der Waals surface area contributed by atoms with E-state index in [2.05, 4.69) is 25.1 Å². The summed E-state index contributed by atoms with van der Waals surface area (Å²) in [4.78, 5) is 19.3. The number of hydrogen-bond acceptors (Lipinski definition) is 7. The number of aromatic nitrogens is 8. The highest BCUT2D eigenvalue weighted by Crippen LogP contribution is 2.39. The monoisotopic (exact) mass is 455 g/mol. The van der Waals surface area contributed by atoms with E-state index in [4.69, 9.17) is 4.98 Å². The summed E-state index contributed by atoms with van der Waals surface area (Å²) in [6.45, 7) is 3.45. The smallest absolute Gasteiger partial charge is 0.344 e. The van der Waals surface area contributed by atoms with E-state index in [0.717, 1.165) is 5.56 Å². The molecule has 0 saturated carbocycles. The van der Waals surface area contributed by atoms with Gasteiger partial charge in [-0.3, -0.25) is 14.1 Å². The zero-order chi connectivity index (χ0) is 23.2. The number of alkyl halides is 3. The van der Waals surface area contributed by atoms with E-state index in [1.165, 1.54) is 0 Å². The second kappa shape index (κ2) is 7.94. The van der Waals surface area contributed by atoms with Crippen molar-refractivity contribution in [1.29, 1.82) is 0 Å². The van der Waals surface area contributed by atoms with Gasteiger partial charge in [0, 0.05) is 36.9 Å². The van der Waals surface area contributed by atoms with E-state index in [-0.39, 0.29) is 6.54 Å². The van der Waals surface area contributed by atoms with Crippen LogP contribution in [-0.2, 0) is 0 Å². The zero-order valence-corrected chi connectivity index (χ0v) is 17.9. The maximum Gasteiger partial charge on any atom is 0.390 e. The van der Waals surface area contributed by atoms with Crippen LogP contribution in [0.4, 0.5) is 19.0 Å². The molecule has 1 unspecified atom stereocenters. The molecule has 33 heavy (non-hydrogen) atoms. The summed E-state index contributed by atoms with van der Waals surface area (Å²) in [5.41, 5.74) is 1.36. The number of rotatable bonds is 5. The number of imidazole rings is 1. The summed E-state index contributed by atoms with van der Waals surface area (Å²) in [7, 11) is 0. The van der Waals surface area contributed by atoms with Crippen molar-refractivity contribution in [3.05, 3.63) is 54.8 Å². The topological polar surface area (TPSA) is 90.4 Å². The summed E-state index contributed by atoms with van der Waals surface area (Å²) in [5, 5.41) is 8.39. The van der Waals surface area contributed by atoms with Crippen molar-refractivity contribution in [3.8, 4) is 23.0 Å². The number of pyridine rings is 1. The molecular formula is C21H20F3N9. The van der Waals surface area contributed by atoms with Crippen LogP contribution < -0.4 is 4.90 Å². The lowest BCUT2D eigenvalue weighted by atomic mass is 10.1. The molecular weight excluding hydrogens is 435 g/mol. The van der Waals surface area contributed by atoms with Gasteiger partial charge >= 0.3 is 6.18 Å². The maximum atomic E-state index is 13.2. The highest BCUT2D eigenvalue weighted by Gasteiger charge is 2.37. The third-order valence-corrected chi connectivity index (χ3v) is 5.59. The van der Waals surface area contributed by atoms with E-state index in [9.17, 15) is 13.2 Å². The summed E-state index contributed by atoms with van der Waals surface area (Å²) >= 11 is 0. The molecule has 0 bridgehead atoms. The van der Waals surface area contributed by atoms with Gasteiger partial charge in [0.25, 0.3) is 0 Å². The molecule has 12 heteroatoms. The minimum atomic E-state index is -4.30. The van der Waals surface area contributed by atoms with Crippen LogP contribution in [0.15, 0.2) is 43.1 Å². The first-order valence-corrected chi connectivity index (χ1v) is 10.4. The van der Waals surface area contributed by atoms with Gasteiger partial charge in [-0.2, -0.15) is 18.2 Å². The van der Waals surface area contributed by atoms with Crippen molar-refractivity contribution in [1.82, 2.24) is 39.3 Å². The first kappa shape index (κ1) is 21.0. The van der Waals surface area contributed by atoms with Gasteiger partial charge in [-0.1, -0.05) is 6.92 Å². The predicted molar refractivity (Wildman–Crippen MR) is 113 cm³/mol. The molecule has 5 heterocycles. The van der Waals surface area contributed by atoms with Crippen molar-refractivity contribution in [3.63, 3.8) is 0 Å². The van der Waals surface area contributed by atoms with Crippen LogP contribution in [0.3, 0.4) is 0 Å². The Morgan fingerprint density at radius 1 is 1.06 bits per heavy atom. The van der Waals surface area contributed by atoms with Gasteiger partial charge in [0.15, 0.2) is 11.6 Å². The molecule has 1 aliphatic rings. The van der Waals surface area contributed by atoms with Crippen molar-refractivity contribution in [2.45, 2.75) is 38.9 Å². The SMILES string of the molecule is CCC1c2nnc(C)n2-c2cnc(-n3ccnc3-c3ccncc3)nc2N1CCC(F)(F)F. The highest BCUT2D eigenvalue weighted by atomic mass is 19.4. The molecule has 0 aliphatic carbocycles. The molecule has 4 aromatic heterocycles. The third-order valence-electron chi connectivity index (χ3n) is 5.59. The normalized spacial score (nSPS) is 15.4. The van der Waals surface area contributed by atoms with E-state index < -0.39 is 18.6 Å². The molecule has 0 fully saturated rings. The first-order chi connectivity index (χ1) is 15.9. The Morgan fingerprint density at radius 2 is 1.85 bits per heavy atom. The van der Waals surface area contributed by atoms with Crippen LogP contribution in [-0.4, -0.2) is 52.0 Å². The Labute approximate surface area is 187 Å². The van der Waals surface area contributed by atoms with Crippen LogP contribution in [0.25, 0.3) is 23.0 Å². The van der Waals surface area contributed by atoms with Gasteiger partial charge < -0.3 is 4.90 Å². The first-order valence-electron chi connectivity index (χ1n) is 10.4. The molecule has 0 spiro atoms. The van der Waals surface area contributed by atoms with E-state index in [1.807, 2.05) is 23.6 Å². The Hall–Kier alpha value is -3.83. The Kier molecular flexibility index (Phi) is 5.06. The number of nitrogens with zero attached hydrogens (tertiary/aromatic N) is 9. The van der Waals surface area contributed by atoms with Crippen molar-refractivity contribution in [2.75, 3.05) is 11.4 Å². The van der Waals surface area contributed by atoms with Crippen molar-refractivity contribution in [2.24, 2.45) is 0 Å². The average molecular weight is 455 g/mol. The highest BCUT2D eigenvalue weighted by molar-refractivity contribution is 5.63. The van der Waals surface area contributed by atoms with Gasteiger partial charge in [-0.25, -0.2) is 9.97 Å². The lowest BCUT2D eigenvalue weighted by Crippen LogP contribution is -2.38. The van der Waals surface area contributed by atoms with Crippen LogP contribution in [0, 0.1) is 6.92 Å². The average Bonchev–Trinajstić information content (AvgIpc) is 3.44. The lowest BCUT2D eigenvalue weighted by Gasteiger charge is -2.37. The molecule has 0 aromatic carbocycles. The summed E-state index contributed by atoms with van der Waals surface area (Å²) in [5.74, 6) is 2.51. The molecule has 1 aliphatic heterocycles. The largest absolute Gasteiger partial charge is 0.390 e. The molecule has 9 nitrogen and oxygen atoms in total. The molecule has 5 rings (SSSR count). The fourth-order valence-corrected chi connectivity index (χ4v) is 4.11. The molecule has 0 saturated heterocycles. The van der Waals surface area contributed by atoms with E-state index in [0.29, 0.717) is 41.3 Å². The van der Waals surface area contributed by atoms with Crippen molar-refractivity contribution >= 4 is 5.82 Å². The van der Waals surface area contributed by atoms with E-state index in [1.54, 1.807) is 47.4 Å². The second-order valence-corrected chi connectivity index (χ2v) is 7.66. The minimum absolute atomic E-state index is 0.251. The van der Waals surface area contributed by atoms with Gasteiger partial charge in [0.2, 0.25) is 5.95 Å². The molecule has 170 valence electrons. The molecule has 4 aromatic rings. The Balaban J connectivity index is 1.65. The second-order valence-electron chi connectivity index (χ2n) is 7.66. The predicted octanol–water partition coefficient (Wildman–Crippen LogP) is 3.84.